The Morgan fingerprint density at radius 2 is 1.89 bits per heavy atom. The van der Waals surface area contributed by atoms with Gasteiger partial charge in [-0.25, -0.2) is 4.79 Å². The standard InChI is InChI=1S/C17H24O11/c1-3-7-8(4-11(19)20)9(15(24)25-2)6-26-16(7)28-17-14(23)13(22)12(21)10(5-18)27-17/h3,6-8,10,12-14,16-18,21-23H,1,4-5H2,2H3,(H,19,20)/t7-,8+,10-,12-,13+,14-,16-,17+/m1/s1. The van der Waals surface area contributed by atoms with Crippen molar-refractivity contribution in [3.8, 4) is 0 Å². The van der Waals surface area contributed by atoms with Crippen LogP contribution in [0.4, 0.5) is 0 Å². The predicted molar refractivity (Wildman–Crippen MR) is 89.3 cm³/mol. The van der Waals surface area contributed by atoms with Gasteiger partial charge in [-0.05, 0) is 0 Å². The highest BCUT2D eigenvalue weighted by molar-refractivity contribution is 5.89. The molecule has 1 fully saturated rings. The number of aliphatic carboxylic acids is 1. The highest BCUT2D eigenvalue weighted by Crippen LogP contribution is 2.36. The van der Waals surface area contributed by atoms with E-state index in [1.807, 2.05) is 0 Å². The van der Waals surface area contributed by atoms with Crippen LogP contribution in [-0.4, -0.2) is 88.2 Å². The molecule has 2 heterocycles. The number of carboxylic acid groups (broad SMARTS) is 1. The minimum Gasteiger partial charge on any atom is -0.481 e. The second-order valence-electron chi connectivity index (χ2n) is 6.42. The van der Waals surface area contributed by atoms with Crippen LogP contribution in [0.2, 0.25) is 0 Å². The number of carbonyl (C=O) groups is 2. The average molecular weight is 404 g/mol. The van der Waals surface area contributed by atoms with Crippen LogP contribution in [0.15, 0.2) is 24.5 Å². The number of hydrogen-bond donors (Lipinski definition) is 5. The number of methoxy groups -OCH3 is 1. The van der Waals surface area contributed by atoms with E-state index in [0.717, 1.165) is 13.4 Å². The van der Waals surface area contributed by atoms with Gasteiger partial charge >= 0.3 is 11.9 Å². The second kappa shape index (κ2) is 9.45. The zero-order valence-corrected chi connectivity index (χ0v) is 15.1. The summed E-state index contributed by atoms with van der Waals surface area (Å²) in [6, 6.07) is 0. The smallest absolute Gasteiger partial charge is 0.337 e. The second-order valence-corrected chi connectivity index (χ2v) is 6.42. The number of aliphatic hydroxyl groups is 4. The molecule has 0 radical (unpaired) electrons. The fraction of sp³-hybridized carbons (Fsp3) is 0.647. The van der Waals surface area contributed by atoms with Crippen LogP contribution in [0.3, 0.4) is 0 Å². The van der Waals surface area contributed by atoms with Gasteiger partial charge in [0.15, 0.2) is 6.29 Å². The van der Waals surface area contributed by atoms with Crippen LogP contribution >= 0.6 is 0 Å². The lowest BCUT2D eigenvalue weighted by molar-refractivity contribution is -0.339. The summed E-state index contributed by atoms with van der Waals surface area (Å²) in [6.45, 7) is 2.97. The summed E-state index contributed by atoms with van der Waals surface area (Å²) < 4.78 is 20.8. The van der Waals surface area contributed by atoms with Crippen molar-refractivity contribution in [3.63, 3.8) is 0 Å². The van der Waals surface area contributed by atoms with Crippen molar-refractivity contribution in [2.45, 2.75) is 43.4 Å². The van der Waals surface area contributed by atoms with Gasteiger partial charge in [-0.3, -0.25) is 4.79 Å². The third-order valence-electron chi connectivity index (χ3n) is 4.71. The molecule has 2 aliphatic heterocycles. The van der Waals surface area contributed by atoms with Crippen molar-refractivity contribution in [2.75, 3.05) is 13.7 Å². The molecule has 0 spiro atoms. The molecule has 0 aromatic heterocycles. The Bertz CT molecular complexity index is 616. The van der Waals surface area contributed by atoms with E-state index in [1.54, 1.807) is 0 Å². The van der Waals surface area contributed by atoms with Gasteiger partial charge < -0.3 is 44.5 Å². The van der Waals surface area contributed by atoms with E-state index in [-0.39, 0.29) is 5.57 Å². The predicted octanol–water partition coefficient (Wildman–Crippen LogP) is -1.89. The maximum Gasteiger partial charge on any atom is 0.337 e. The Labute approximate surface area is 160 Å². The van der Waals surface area contributed by atoms with E-state index >= 15 is 0 Å². The van der Waals surface area contributed by atoms with Crippen molar-refractivity contribution < 1.29 is 54.1 Å². The minimum atomic E-state index is -1.67. The van der Waals surface area contributed by atoms with Gasteiger partial charge in [-0.1, -0.05) is 6.08 Å². The monoisotopic (exact) mass is 404 g/mol. The van der Waals surface area contributed by atoms with Crippen molar-refractivity contribution in [2.24, 2.45) is 11.8 Å². The van der Waals surface area contributed by atoms with E-state index < -0.39 is 73.8 Å². The Balaban J connectivity index is 2.24. The van der Waals surface area contributed by atoms with Gasteiger partial charge in [-0.2, -0.15) is 0 Å². The van der Waals surface area contributed by atoms with Crippen LogP contribution in [0.25, 0.3) is 0 Å². The highest BCUT2D eigenvalue weighted by atomic mass is 16.8. The zero-order chi connectivity index (χ0) is 21.0. The van der Waals surface area contributed by atoms with Crippen molar-refractivity contribution >= 4 is 11.9 Å². The molecule has 2 rings (SSSR count). The Morgan fingerprint density at radius 3 is 2.43 bits per heavy atom. The topological polar surface area (TPSA) is 172 Å². The van der Waals surface area contributed by atoms with Gasteiger partial charge in [0.1, 0.15) is 24.4 Å². The first kappa shape index (κ1) is 22.3. The van der Waals surface area contributed by atoms with Crippen LogP contribution in [0, 0.1) is 11.8 Å². The van der Waals surface area contributed by atoms with Crippen molar-refractivity contribution in [1.82, 2.24) is 0 Å². The molecule has 2 aliphatic rings. The van der Waals surface area contributed by atoms with Gasteiger partial charge in [0.05, 0.1) is 32.0 Å². The lowest BCUT2D eigenvalue weighted by atomic mass is 9.81. The minimum absolute atomic E-state index is 0.0246. The first-order valence-electron chi connectivity index (χ1n) is 8.49. The fourth-order valence-electron chi connectivity index (χ4n) is 3.18. The number of hydrogen-bond acceptors (Lipinski definition) is 10. The zero-order valence-electron chi connectivity index (χ0n) is 15.1. The third kappa shape index (κ3) is 4.51. The molecular formula is C17H24O11. The first-order valence-corrected chi connectivity index (χ1v) is 8.49. The Hall–Kier alpha value is -2.02. The summed E-state index contributed by atoms with van der Waals surface area (Å²) in [7, 11) is 1.14. The summed E-state index contributed by atoms with van der Waals surface area (Å²) in [5.74, 6) is -3.70. The fourth-order valence-corrected chi connectivity index (χ4v) is 3.18. The quantitative estimate of drug-likeness (QED) is 0.237. The summed E-state index contributed by atoms with van der Waals surface area (Å²) >= 11 is 0. The normalized spacial score (nSPS) is 38.1. The molecule has 0 aromatic carbocycles. The maximum atomic E-state index is 11.9. The van der Waals surface area contributed by atoms with Gasteiger partial charge in [0.2, 0.25) is 6.29 Å². The Morgan fingerprint density at radius 1 is 1.21 bits per heavy atom. The number of ether oxygens (including phenoxy) is 4. The Kier molecular flexibility index (Phi) is 7.52. The molecule has 11 heteroatoms. The van der Waals surface area contributed by atoms with E-state index in [9.17, 15) is 35.1 Å². The lowest BCUT2D eigenvalue weighted by Crippen LogP contribution is -2.60. The van der Waals surface area contributed by atoms with Gasteiger partial charge in [-0.15, -0.1) is 6.58 Å². The number of rotatable bonds is 7. The average Bonchev–Trinajstić information content (AvgIpc) is 2.67. The van der Waals surface area contributed by atoms with E-state index in [4.69, 9.17) is 14.2 Å². The molecule has 0 aliphatic carbocycles. The molecule has 11 nitrogen and oxygen atoms in total. The number of esters is 1. The van der Waals surface area contributed by atoms with E-state index in [1.165, 1.54) is 6.08 Å². The van der Waals surface area contributed by atoms with Crippen molar-refractivity contribution in [3.05, 3.63) is 24.5 Å². The van der Waals surface area contributed by atoms with Crippen LogP contribution in [-0.2, 0) is 28.5 Å². The summed E-state index contributed by atoms with van der Waals surface area (Å²) in [6.07, 6.45) is -6.91. The molecular weight excluding hydrogens is 380 g/mol. The first-order chi connectivity index (χ1) is 13.2. The largest absolute Gasteiger partial charge is 0.481 e. The SMILES string of the molecule is C=C[C@H]1[C@@H](O[C@@H]2O[C@H](CO)[C@@H](O)[C@H](O)[C@H]2O)OC=C(C(=O)OC)[C@H]1CC(=O)O. The van der Waals surface area contributed by atoms with E-state index in [2.05, 4.69) is 11.3 Å². The number of carbonyl (C=O) groups excluding carboxylic acids is 1. The van der Waals surface area contributed by atoms with Crippen LogP contribution in [0.5, 0.6) is 0 Å². The van der Waals surface area contributed by atoms with Crippen molar-refractivity contribution in [1.29, 1.82) is 0 Å². The molecule has 158 valence electrons. The maximum absolute atomic E-state index is 11.9. The third-order valence-corrected chi connectivity index (χ3v) is 4.71. The van der Waals surface area contributed by atoms with Gasteiger partial charge in [0, 0.05) is 11.8 Å². The number of carboxylic acids is 1. The molecule has 0 aromatic rings. The molecule has 1 saturated heterocycles. The molecule has 0 bridgehead atoms. The van der Waals surface area contributed by atoms with E-state index in [0.29, 0.717) is 0 Å². The van der Waals surface area contributed by atoms with Gasteiger partial charge in [0.25, 0.3) is 0 Å². The molecule has 5 N–H and O–H groups in total. The number of aliphatic hydroxyl groups excluding tert-OH is 4. The highest BCUT2D eigenvalue weighted by Gasteiger charge is 2.47. The molecule has 0 amide bonds. The molecule has 0 saturated carbocycles. The molecule has 28 heavy (non-hydrogen) atoms. The molecule has 0 unspecified atom stereocenters. The summed E-state index contributed by atoms with van der Waals surface area (Å²) in [4.78, 5) is 23.2. The molecule has 8 atom stereocenters. The van der Waals surface area contributed by atoms with Crippen LogP contribution < -0.4 is 0 Å². The van der Waals surface area contributed by atoms with Crippen LogP contribution in [0.1, 0.15) is 6.42 Å². The summed E-state index contributed by atoms with van der Waals surface area (Å²) in [5.41, 5.74) is -0.0246. The lowest BCUT2D eigenvalue weighted by Gasteiger charge is -2.42. The summed E-state index contributed by atoms with van der Waals surface area (Å²) in [5, 5.41) is 48.2.